The van der Waals surface area contributed by atoms with Crippen LogP contribution in [0.4, 0.5) is 0 Å². The van der Waals surface area contributed by atoms with Crippen LogP contribution in [0.25, 0.3) is 0 Å². The van der Waals surface area contributed by atoms with Crippen molar-refractivity contribution < 1.29 is 4.79 Å². The number of hydrogen-bond donors (Lipinski definition) is 0. The summed E-state index contributed by atoms with van der Waals surface area (Å²) >= 11 is 3.96. The van der Waals surface area contributed by atoms with Crippen LogP contribution >= 0.6 is 33.9 Å². The molecule has 0 saturated heterocycles. The van der Waals surface area contributed by atoms with Gasteiger partial charge in [0.05, 0.1) is 2.88 Å². The molecule has 2 saturated carbocycles. The zero-order valence-corrected chi connectivity index (χ0v) is 12.1. The fourth-order valence-electron chi connectivity index (χ4n) is 3.44. The van der Waals surface area contributed by atoms with Crippen molar-refractivity contribution in [3.63, 3.8) is 0 Å². The standard InChI is InChI=1S/C13H15IOS/c14-13-6-11(7-16-13)12(15)5-10-4-8-1-2-9(10)3-8/h6-10H,1-5H2. The Balaban J connectivity index is 1.65. The summed E-state index contributed by atoms with van der Waals surface area (Å²) in [6.07, 6.45) is 6.32. The largest absolute Gasteiger partial charge is 0.294 e. The van der Waals surface area contributed by atoms with Gasteiger partial charge in [0, 0.05) is 17.4 Å². The highest BCUT2D eigenvalue weighted by molar-refractivity contribution is 14.1. The first-order valence-electron chi connectivity index (χ1n) is 5.99. The summed E-state index contributed by atoms with van der Waals surface area (Å²) in [5.41, 5.74) is 0.942. The zero-order valence-electron chi connectivity index (χ0n) is 9.12. The zero-order chi connectivity index (χ0) is 11.1. The molecule has 2 bridgehead atoms. The lowest BCUT2D eigenvalue weighted by molar-refractivity contribution is 0.0944. The minimum absolute atomic E-state index is 0.372. The average molecular weight is 346 g/mol. The van der Waals surface area contributed by atoms with Gasteiger partial charge in [-0.25, -0.2) is 0 Å². The number of rotatable bonds is 3. The van der Waals surface area contributed by atoms with Crippen molar-refractivity contribution in [1.82, 2.24) is 0 Å². The number of halogens is 1. The van der Waals surface area contributed by atoms with Crippen LogP contribution < -0.4 is 0 Å². The molecule has 16 heavy (non-hydrogen) atoms. The highest BCUT2D eigenvalue weighted by Crippen LogP contribution is 2.49. The lowest BCUT2D eigenvalue weighted by Crippen LogP contribution is -2.14. The Morgan fingerprint density at radius 2 is 2.31 bits per heavy atom. The topological polar surface area (TPSA) is 17.1 Å². The highest BCUT2D eigenvalue weighted by Gasteiger charge is 2.40. The predicted molar refractivity (Wildman–Crippen MR) is 74.9 cm³/mol. The second-order valence-corrected chi connectivity index (χ2v) is 8.01. The maximum Gasteiger partial charge on any atom is 0.164 e. The monoisotopic (exact) mass is 346 g/mol. The van der Waals surface area contributed by atoms with Crippen molar-refractivity contribution in [2.75, 3.05) is 0 Å². The Bertz CT molecular complexity index is 412. The van der Waals surface area contributed by atoms with Crippen molar-refractivity contribution in [2.45, 2.75) is 32.1 Å². The summed E-state index contributed by atoms with van der Waals surface area (Å²) in [7, 11) is 0. The third kappa shape index (κ3) is 2.08. The van der Waals surface area contributed by atoms with Crippen LogP contribution in [0, 0.1) is 20.6 Å². The fraction of sp³-hybridized carbons (Fsp3) is 0.615. The quantitative estimate of drug-likeness (QED) is 0.587. The van der Waals surface area contributed by atoms with Crippen molar-refractivity contribution >= 4 is 39.7 Å². The third-order valence-electron chi connectivity index (χ3n) is 4.22. The average Bonchev–Trinajstić information content (AvgIpc) is 2.92. The molecule has 86 valence electrons. The second-order valence-electron chi connectivity index (χ2n) is 5.20. The van der Waals surface area contributed by atoms with E-state index in [2.05, 4.69) is 22.6 Å². The number of fused-ring (bicyclic) bond motifs is 2. The van der Waals surface area contributed by atoms with Gasteiger partial charge in [0.2, 0.25) is 0 Å². The van der Waals surface area contributed by atoms with E-state index in [0.29, 0.717) is 11.7 Å². The molecule has 0 spiro atoms. The first kappa shape index (κ1) is 11.2. The summed E-state index contributed by atoms with van der Waals surface area (Å²) in [5, 5.41) is 2.01. The van der Waals surface area contributed by atoms with E-state index in [4.69, 9.17) is 0 Å². The van der Waals surface area contributed by atoms with E-state index in [1.54, 1.807) is 11.3 Å². The maximum atomic E-state index is 12.1. The molecule has 1 nitrogen and oxygen atoms in total. The molecule has 0 N–H and O–H groups in total. The molecule has 1 heterocycles. The van der Waals surface area contributed by atoms with E-state index in [9.17, 15) is 4.79 Å². The van der Waals surface area contributed by atoms with Crippen molar-refractivity contribution in [1.29, 1.82) is 0 Å². The van der Waals surface area contributed by atoms with Crippen LogP contribution in [0.1, 0.15) is 42.5 Å². The van der Waals surface area contributed by atoms with E-state index >= 15 is 0 Å². The molecule has 2 aliphatic carbocycles. The van der Waals surface area contributed by atoms with E-state index in [0.717, 1.165) is 23.8 Å². The van der Waals surface area contributed by atoms with Gasteiger partial charge < -0.3 is 0 Å². The molecular formula is C13H15IOS. The third-order valence-corrected chi connectivity index (χ3v) is 6.01. The van der Waals surface area contributed by atoms with E-state index in [1.165, 1.54) is 28.6 Å². The number of hydrogen-bond acceptors (Lipinski definition) is 2. The SMILES string of the molecule is O=C(CC1CC2CCC1C2)c1csc(I)c1. The summed E-state index contributed by atoms with van der Waals surface area (Å²) < 4.78 is 1.22. The van der Waals surface area contributed by atoms with Gasteiger partial charge in [0.15, 0.2) is 5.78 Å². The molecular weight excluding hydrogens is 331 g/mol. The molecule has 3 unspecified atom stereocenters. The molecule has 1 aromatic heterocycles. The van der Waals surface area contributed by atoms with Crippen LogP contribution in [0.3, 0.4) is 0 Å². The number of ketones is 1. The molecule has 3 atom stereocenters. The highest BCUT2D eigenvalue weighted by atomic mass is 127. The molecule has 3 rings (SSSR count). The fourth-order valence-corrected chi connectivity index (χ4v) is 4.79. The summed E-state index contributed by atoms with van der Waals surface area (Å²) in [4.78, 5) is 12.1. The van der Waals surface area contributed by atoms with Crippen LogP contribution in [-0.4, -0.2) is 5.78 Å². The Morgan fingerprint density at radius 3 is 2.88 bits per heavy atom. The minimum Gasteiger partial charge on any atom is -0.294 e. The number of thiophene rings is 1. The molecule has 2 aliphatic rings. The Labute approximate surface area is 114 Å². The van der Waals surface area contributed by atoms with Gasteiger partial charge >= 0.3 is 0 Å². The lowest BCUT2D eigenvalue weighted by Gasteiger charge is -2.20. The molecule has 0 radical (unpaired) electrons. The Hall–Kier alpha value is 0.1000. The first-order valence-corrected chi connectivity index (χ1v) is 7.95. The van der Waals surface area contributed by atoms with Crippen LogP contribution in [0.15, 0.2) is 11.4 Å². The molecule has 0 amide bonds. The Kier molecular flexibility index (Phi) is 3.09. The van der Waals surface area contributed by atoms with Crippen LogP contribution in [-0.2, 0) is 0 Å². The smallest absolute Gasteiger partial charge is 0.164 e. The van der Waals surface area contributed by atoms with Crippen LogP contribution in [0.5, 0.6) is 0 Å². The van der Waals surface area contributed by atoms with Gasteiger partial charge in [0.1, 0.15) is 0 Å². The molecule has 0 aromatic carbocycles. The maximum absolute atomic E-state index is 12.1. The van der Waals surface area contributed by atoms with E-state index in [1.807, 2.05) is 11.4 Å². The van der Waals surface area contributed by atoms with Crippen molar-refractivity contribution in [3.05, 3.63) is 19.9 Å². The van der Waals surface area contributed by atoms with Crippen molar-refractivity contribution in [3.8, 4) is 0 Å². The van der Waals surface area contributed by atoms with Gasteiger partial charge in [-0.1, -0.05) is 6.42 Å². The van der Waals surface area contributed by atoms with Gasteiger partial charge in [-0.2, -0.15) is 0 Å². The lowest BCUT2D eigenvalue weighted by atomic mass is 9.84. The van der Waals surface area contributed by atoms with Gasteiger partial charge in [-0.15, -0.1) is 11.3 Å². The molecule has 0 aliphatic heterocycles. The number of carbonyl (C=O) groups excluding carboxylic acids is 1. The molecule has 2 fully saturated rings. The van der Waals surface area contributed by atoms with E-state index < -0.39 is 0 Å². The van der Waals surface area contributed by atoms with Crippen molar-refractivity contribution in [2.24, 2.45) is 17.8 Å². The molecule has 3 heteroatoms. The predicted octanol–water partition coefficient (Wildman–Crippen LogP) is 4.36. The van der Waals surface area contributed by atoms with Gasteiger partial charge in [0.25, 0.3) is 0 Å². The van der Waals surface area contributed by atoms with Gasteiger partial charge in [-0.05, 0) is 65.7 Å². The number of Topliss-reactive ketones (excluding diaryl/α,β-unsaturated/α-hetero) is 1. The summed E-state index contributed by atoms with van der Waals surface area (Å²) in [6, 6.07) is 2.03. The second kappa shape index (κ2) is 4.41. The normalized spacial score (nSPS) is 32.2. The summed E-state index contributed by atoms with van der Waals surface area (Å²) in [5.74, 6) is 2.89. The summed E-state index contributed by atoms with van der Waals surface area (Å²) in [6.45, 7) is 0. The number of carbonyl (C=O) groups is 1. The first-order chi connectivity index (χ1) is 7.72. The van der Waals surface area contributed by atoms with E-state index in [-0.39, 0.29) is 0 Å². The Morgan fingerprint density at radius 1 is 1.44 bits per heavy atom. The van der Waals surface area contributed by atoms with Crippen LogP contribution in [0.2, 0.25) is 0 Å². The van der Waals surface area contributed by atoms with Gasteiger partial charge in [-0.3, -0.25) is 4.79 Å². The minimum atomic E-state index is 0.372. The molecule has 1 aromatic rings.